The molecule has 0 radical (unpaired) electrons. The van der Waals surface area contributed by atoms with E-state index in [9.17, 15) is 9.59 Å². The molecule has 2 aromatic carbocycles. The molecule has 1 aromatic heterocycles. The summed E-state index contributed by atoms with van der Waals surface area (Å²) >= 11 is 1.51. The number of benzene rings is 2. The lowest BCUT2D eigenvalue weighted by molar-refractivity contribution is -0.133. The summed E-state index contributed by atoms with van der Waals surface area (Å²) in [6.07, 6.45) is 1.96. The minimum atomic E-state index is -0.345. The predicted octanol–water partition coefficient (Wildman–Crippen LogP) is 5.94. The highest BCUT2D eigenvalue weighted by Crippen LogP contribution is 2.37. The summed E-state index contributed by atoms with van der Waals surface area (Å²) in [5, 5.41) is 1.92. The molecule has 0 atom stereocenters. The van der Waals surface area contributed by atoms with Crippen LogP contribution in [0.2, 0.25) is 0 Å². The van der Waals surface area contributed by atoms with E-state index in [1.165, 1.54) is 16.9 Å². The molecule has 0 fully saturated rings. The van der Waals surface area contributed by atoms with Gasteiger partial charge in [-0.2, -0.15) is 0 Å². The highest BCUT2D eigenvalue weighted by atomic mass is 32.1. The van der Waals surface area contributed by atoms with Crippen LogP contribution in [-0.4, -0.2) is 11.8 Å². The van der Waals surface area contributed by atoms with Crippen LogP contribution in [0, 0.1) is 6.92 Å². The topological polar surface area (TPSA) is 52.6 Å². The molecule has 0 saturated carbocycles. The number of hydrogen-bond donors (Lipinski definition) is 0. The molecule has 0 N–H and O–H groups in total. The second kappa shape index (κ2) is 8.28. The average molecular weight is 419 g/mol. The third-order valence-corrected chi connectivity index (χ3v) is 5.85. The second-order valence-corrected chi connectivity index (χ2v) is 8.64. The van der Waals surface area contributed by atoms with Crippen LogP contribution in [-0.2, 0) is 11.2 Å². The van der Waals surface area contributed by atoms with Crippen LogP contribution < -0.4 is 9.47 Å². The van der Waals surface area contributed by atoms with E-state index in [-0.39, 0.29) is 23.9 Å². The van der Waals surface area contributed by atoms with Crippen LogP contribution in [0.15, 0.2) is 59.7 Å². The quantitative estimate of drug-likeness (QED) is 0.292. The molecule has 1 aliphatic rings. The first kappa shape index (κ1) is 20.1. The molecule has 2 heterocycles. The standard InChI is InChI=1S/C25H22O4S/c1-15(2)18-8-6-17(7-9-18)12-22-25(27)24-16(3)11-19(13-21(24)29-22)28-23(26)14-20-5-4-10-30-20/h4-13,15H,14H2,1-3H3/b22-12-. The number of Topliss-reactive ketones (excluding diaryl/α,β-unsaturated/α-hetero) is 1. The first-order valence-electron chi connectivity index (χ1n) is 9.82. The Kier molecular flexibility index (Phi) is 5.55. The monoisotopic (exact) mass is 418 g/mol. The summed E-state index contributed by atoms with van der Waals surface area (Å²) < 4.78 is 11.3. The molecule has 3 aromatic rings. The van der Waals surface area contributed by atoms with Crippen LogP contribution in [0.25, 0.3) is 6.08 Å². The Morgan fingerprint density at radius 2 is 1.93 bits per heavy atom. The minimum absolute atomic E-state index is 0.160. The number of rotatable bonds is 5. The number of carbonyl (C=O) groups is 2. The molecule has 5 heteroatoms. The number of thiophene rings is 1. The largest absolute Gasteiger partial charge is 0.452 e. The van der Waals surface area contributed by atoms with Gasteiger partial charge in [-0.25, -0.2) is 0 Å². The second-order valence-electron chi connectivity index (χ2n) is 7.60. The summed E-state index contributed by atoms with van der Waals surface area (Å²) in [5.41, 5.74) is 3.37. The van der Waals surface area contributed by atoms with Crippen molar-refractivity contribution in [3.63, 3.8) is 0 Å². The van der Waals surface area contributed by atoms with Crippen LogP contribution in [0.1, 0.15) is 51.7 Å². The molecule has 0 spiro atoms. The number of esters is 1. The van der Waals surface area contributed by atoms with Gasteiger partial charge < -0.3 is 9.47 Å². The van der Waals surface area contributed by atoms with Gasteiger partial charge in [-0.15, -0.1) is 11.3 Å². The number of carbonyl (C=O) groups excluding carboxylic acids is 2. The van der Waals surface area contributed by atoms with E-state index in [0.29, 0.717) is 23.0 Å². The number of ketones is 1. The fourth-order valence-corrected chi connectivity index (χ4v) is 4.08. The smallest absolute Gasteiger partial charge is 0.316 e. The SMILES string of the molecule is Cc1cc(OC(=O)Cc2cccs2)cc2c1C(=O)/C(=C/c1ccc(C(C)C)cc1)O2. The minimum Gasteiger partial charge on any atom is -0.452 e. The maximum Gasteiger partial charge on any atom is 0.316 e. The Hall–Kier alpha value is -3.18. The van der Waals surface area contributed by atoms with Crippen LogP contribution in [0.4, 0.5) is 0 Å². The van der Waals surface area contributed by atoms with Gasteiger partial charge in [0.25, 0.3) is 0 Å². The average Bonchev–Trinajstić information content (AvgIpc) is 3.30. The van der Waals surface area contributed by atoms with Crippen LogP contribution in [0.5, 0.6) is 11.5 Å². The molecule has 0 unspecified atom stereocenters. The number of aryl methyl sites for hydroxylation is 1. The van der Waals surface area contributed by atoms with E-state index in [2.05, 4.69) is 26.0 Å². The maximum absolute atomic E-state index is 12.8. The van der Waals surface area contributed by atoms with Crippen LogP contribution >= 0.6 is 11.3 Å². The van der Waals surface area contributed by atoms with Crippen molar-refractivity contribution in [3.05, 3.63) is 86.8 Å². The zero-order valence-corrected chi connectivity index (χ0v) is 17.9. The van der Waals surface area contributed by atoms with Crippen molar-refractivity contribution in [1.82, 2.24) is 0 Å². The zero-order valence-electron chi connectivity index (χ0n) is 17.1. The van der Waals surface area contributed by atoms with Gasteiger partial charge in [-0.05, 0) is 53.1 Å². The first-order chi connectivity index (χ1) is 14.4. The third kappa shape index (κ3) is 4.21. The Balaban J connectivity index is 1.53. The molecule has 1 aliphatic heterocycles. The lowest BCUT2D eigenvalue weighted by Gasteiger charge is -2.07. The van der Waals surface area contributed by atoms with Crippen molar-refractivity contribution in [2.24, 2.45) is 0 Å². The fraction of sp³-hybridized carbons (Fsp3) is 0.200. The Morgan fingerprint density at radius 1 is 1.17 bits per heavy atom. The summed E-state index contributed by atoms with van der Waals surface area (Å²) in [7, 11) is 0. The van der Waals surface area contributed by atoms with Gasteiger partial charge in [0.2, 0.25) is 5.78 Å². The van der Waals surface area contributed by atoms with Crippen molar-refractivity contribution < 1.29 is 19.1 Å². The Labute approximate surface area is 179 Å². The summed E-state index contributed by atoms with van der Waals surface area (Å²) in [6, 6.07) is 15.2. The third-order valence-electron chi connectivity index (χ3n) is 4.97. The number of hydrogen-bond acceptors (Lipinski definition) is 5. The number of allylic oxidation sites excluding steroid dienone is 1. The van der Waals surface area contributed by atoms with Gasteiger partial charge in [0.05, 0.1) is 12.0 Å². The molecule has 0 amide bonds. The van der Waals surface area contributed by atoms with Gasteiger partial charge in [0.1, 0.15) is 11.5 Å². The highest BCUT2D eigenvalue weighted by Gasteiger charge is 2.30. The maximum atomic E-state index is 12.8. The summed E-state index contributed by atoms with van der Waals surface area (Å²) in [6.45, 7) is 6.10. The molecular weight excluding hydrogens is 396 g/mol. The van der Waals surface area contributed by atoms with E-state index < -0.39 is 0 Å². The normalized spacial score (nSPS) is 14.1. The molecule has 4 nitrogen and oxygen atoms in total. The molecule has 4 rings (SSSR count). The van der Waals surface area contributed by atoms with Crippen LogP contribution in [0.3, 0.4) is 0 Å². The lowest BCUT2D eigenvalue weighted by Crippen LogP contribution is -2.10. The Morgan fingerprint density at radius 3 is 2.60 bits per heavy atom. The van der Waals surface area contributed by atoms with E-state index >= 15 is 0 Å². The lowest BCUT2D eigenvalue weighted by atomic mass is 10.0. The van der Waals surface area contributed by atoms with Gasteiger partial charge in [-0.1, -0.05) is 44.2 Å². The molecule has 152 valence electrons. The fourth-order valence-electron chi connectivity index (χ4n) is 3.39. The van der Waals surface area contributed by atoms with Crippen molar-refractivity contribution in [2.45, 2.75) is 33.1 Å². The van der Waals surface area contributed by atoms with Gasteiger partial charge in [0, 0.05) is 10.9 Å². The van der Waals surface area contributed by atoms with Gasteiger partial charge >= 0.3 is 5.97 Å². The van der Waals surface area contributed by atoms with E-state index in [1.54, 1.807) is 18.2 Å². The highest BCUT2D eigenvalue weighted by molar-refractivity contribution is 7.10. The van der Waals surface area contributed by atoms with E-state index in [1.807, 2.05) is 36.6 Å². The zero-order chi connectivity index (χ0) is 21.3. The number of ether oxygens (including phenoxy) is 2. The van der Waals surface area contributed by atoms with Crippen molar-refractivity contribution >= 4 is 29.2 Å². The van der Waals surface area contributed by atoms with E-state index in [4.69, 9.17) is 9.47 Å². The van der Waals surface area contributed by atoms with Gasteiger partial charge in [0.15, 0.2) is 5.76 Å². The summed E-state index contributed by atoms with van der Waals surface area (Å²) in [5.74, 6) is 1.01. The predicted molar refractivity (Wildman–Crippen MR) is 118 cm³/mol. The molecule has 30 heavy (non-hydrogen) atoms. The number of fused-ring (bicyclic) bond motifs is 1. The van der Waals surface area contributed by atoms with Gasteiger partial charge in [-0.3, -0.25) is 9.59 Å². The van der Waals surface area contributed by atoms with Crippen molar-refractivity contribution in [2.75, 3.05) is 0 Å². The van der Waals surface area contributed by atoms with E-state index in [0.717, 1.165) is 16.0 Å². The van der Waals surface area contributed by atoms with Crippen molar-refractivity contribution in [3.8, 4) is 11.5 Å². The van der Waals surface area contributed by atoms with Crippen molar-refractivity contribution in [1.29, 1.82) is 0 Å². The molecular formula is C25H22O4S. The first-order valence-corrected chi connectivity index (χ1v) is 10.7. The molecule has 0 bridgehead atoms. The summed E-state index contributed by atoms with van der Waals surface area (Å²) in [4.78, 5) is 26.0. The molecule has 0 saturated heterocycles. The Bertz CT molecular complexity index is 1120. The molecule has 0 aliphatic carbocycles.